The normalized spacial score (nSPS) is 18.6. The van der Waals surface area contributed by atoms with Crippen LogP contribution in [0.15, 0.2) is 48.9 Å². The molecule has 0 radical (unpaired) electrons. The first kappa shape index (κ1) is 32.5. The van der Waals surface area contributed by atoms with E-state index in [0.717, 1.165) is 60.0 Å². The fraction of sp³-hybridized carbons (Fsp3) is 0.515. The van der Waals surface area contributed by atoms with Crippen LogP contribution in [0.1, 0.15) is 50.7 Å². The van der Waals surface area contributed by atoms with Crippen LogP contribution in [0, 0.1) is 0 Å². The van der Waals surface area contributed by atoms with Crippen molar-refractivity contribution >= 4 is 20.9 Å². The summed E-state index contributed by atoms with van der Waals surface area (Å²) in [5.41, 5.74) is 4.83. The molecule has 0 atom stereocenters. The van der Waals surface area contributed by atoms with Crippen molar-refractivity contribution in [1.29, 1.82) is 0 Å². The number of hydrogen-bond donors (Lipinski definition) is 0. The molecule has 1 aliphatic heterocycles. The Hall–Kier alpha value is -3.42. The van der Waals surface area contributed by atoms with Crippen molar-refractivity contribution in [3.63, 3.8) is 0 Å². The predicted octanol–water partition coefficient (Wildman–Crippen LogP) is 5.71. The van der Waals surface area contributed by atoms with Gasteiger partial charge < -0.3 is 4.74 Å². The Kier molecular flexibility index (Phi) is 8.25. The number of nitrogens with zero attached hydrogens (tertiary/aromatic N) is 6. The zero-order chi connectivity index (χ0) is 33.1. The van der Waals surface area contributed by atoms with Crippen molar-refractivity contribution < 1.29 is 26.3 Å². The van der Waals surface area contributed by atoms with E-state index in [1.54, 1.807) is 23.0 Å². The van der Waals surface area contributed by atoms with Gasteiger partial charge in [0.15, 0.2) is 9.84 Å². The van der Waals surface area contributed by atoms with E-state index in [1.807, 2.05) is 13.2 Å². The third-order valence-corrected chi connectivity index (χ3v) is 11.5. The highest BCUT2D eigenvalue weighted by atomic mass is 32.2. The smallest absolute Gasteiger partial charge is 0.406 e. The summed E-state index contributed by atoms with van der Waals surface area (Å²) in [6.45, 7) is 5.42. The number of pyridine rings is 1. The lowest BCUT2D eigenvalue weighted by atomic mass is 9.69. The standard InChI is InChI=1S/C33H41F3N6O3S/c1-31(2,41-15-17-46(43,44)18-16-41)14-11-24-21-42(25-20-37-40(5)22-25)30-29(24)27(32(39(3)4)12-6-13-32)19-28(38-30)23-7-9-26(10-8-23)45-33(34,35)36/h7-10,19-22H,6,11-18H2,1-5H3. The molecule has 0 bridgehead atoms. The van der Waals surface area contributed by atoms with Crippen LogP contribution in [0.3, 0.4) is 0 Å². The van der Waals surface area contributed by atoms with E-state index in [2.05, 4.69) is 64.4 Å². The number of benzene rings is 1. The van der Waals surface area contributed by atoms with Gasteiger partial charge in [-0.15, -0.1) is 13.2 Å². The van der Waals surface area contributed by atoms with Crippen LogP contribution in [0.5, 0.6) is 5.75 Å². The lowest BCUT2D eigenvalue weighted by Crippen LogP contribution is -2.51. The van der Waals surface area contributed by atoms with Gasteiger partial charge in [-0.2, -0.15) is 5.10 Å². The topological polar surface area (TPSA) is 85.5 Å². The fourth-order valence-electron chi connectivity index (χ4n) is 6.95. The van der Waals surface area contributed by atoms with Gasteiger partial charge in [0.1, 0.15) is 11.4 Å². The van der Waals surface area contributed by atoms with E-state index in [1.165, 1.54) is 12.1 Å². The van der Waals surface area contributed by atoms with Crippen LogP contribution in [0.25, 0.3) is 28.0 Å². The molecule has 6 rings (SSSR count). The highest BCUT2D eigenvalue weighted by Crippen LogP contribution is 2.49. The number of sulfone groups is 1. The number of aryl methyl sites for hydroxylation is 2. The van der Waals surface area contributed by atoms with Gasteiger partial charge in [0.25, 0.3) is 0 Å². The number of aromatic nitrogens is 4. The van der Waals surface area contributed by atoms with Crippen LogP contribution in [0.2, 0.25) is 0 Å². The van der Waals surface area contributed by atoms with Gasteiger partial charge in [-0.05, 0) is 102 Å². The molecule has 46 heavy (non-hydrogen) atoms. The Morgan fingerprint density at radius 2 is 1.72 bits per heavy atom. The summed E-state index contributed by atoms with van der Waals surface area (Å²) >= 11 is 0. The third kappa shape index (κ3) is 6.28. The number of ether oxygens (including phenoxy) is 1. The molecular weight excluding hydrogens is 617 g/mol. The third-order valence-electron chi connectivity index (χ3n) is 9.93. The minimum atomic E-state index is -4.77. The van der Waals surface area contributed by atoms with Crippen molar-refractivity contribution in [1.82, 2.24) is 29.1 Å². The fourth-order valence-corrected chi connectivity index (χ4v) is 8.15. The van der Waals surface area contributed by atoms with Crippen molar-refractivity contribution in [3.8, 4) is 22.7 Å². The zero-order valence-corrected chi connectivity index (χ0v) is 27.7. The van der Waals surface area contributed by atoms with Gasteiger partial charge in [-0.1, -0.05) is 0 Å². The molecular formula is C33H41F3N6O3S. The summed E-state index contributed by atoms with van der Waals surface area (Å²) in [6.07, 6.45) is 5.70. The average Bonchev–Trinajstić information content (AvgIpc) is 3.53. The molecule has 0 spiro atoms. The molecule has 248 valence electrons. The van der Waals surface area contributed by atoms with Crippen molar-refractivity contribution in [3.05, 3.63) is 60.0 Å². The lowest BCUT2D eigenvalue weighted by molar-refractivity contribution is -0.274. The van der Waals surface area contributed by atoms with Crippen molar-refractivity contribution in [2.45, 2.75) is 63.4 Å². The second-order valence-corrected chi connectivity index (χ2v) is 15.8. The van der Waals surface area contributed by atoms with Crippen LogP contribution < -0.4 is 4.74 Å². The van der Waals surface area contributed by atoms with Gasteiger partial charge in [-0.25, -0.2) is 13.4 Å². The molecule has 2 fully saturated rings. The van der Waals surface area contributed by atoms with E-state index < -0.39 is 16.2 Å². The van der Waals surface area contributed by atoms with Gasteiger partial charge in [0.05, 0.1) is 29.1 Å². The number of rotatable bonds is 9. The Morgan fingerprint density at radius 1 is 1.04 bits per heavy atom. The summed E-state index contributed by atoms with van der Waals surface area (Å²) in [4.78, 5) is 9.72. The van der Waals surface area contributed by atoms with E-state index in [4.69, 9.17) is 4.98 Å². The first-order valence-electron chi connectivity index (χ1n) is 15.6. The van der Waals surface area contributed by atoms with Crippen molar-refractivity contribution in [2.24, 2.45) is 7.05 Å². The lowest BCUT2D eigenvalue weighted by Gasteiger charge is -2.48. The summed E-state index contributed by atoms with van der Waals surface area (Å²) < 4.78 is 70.7. The van der Waals surface area contributed by atoms with E-state index in [9.17, 15) is 21.6 Å². The summed E-state index contributed by atoms with van der Waals surface area (Å²) in [5.74, 6) is 0.0843. The van der Waals surface area contributed by atoms with Gasteiger partial charge in [0, 0.05) is 54.6 Å². The Bertz CT molecular complexity index is 1830. The minimum absolute atomic E-state index is 0.183. The maximum Gasteiger partial charge on any atom is 0.573 e. The Morgan fingerprint density at radius 3 is 2.26 bits per heavy atom. The van der Waals surface area contributed by atoms with Crippen LogP contribution >= 0.6 is 0 Å². The molecule has 4 aromatic rings. The second kappa shape index (κ2) is 11.7. The minimum Gasteiger partial charge on any atom is -0.406 e. The monoisotopic (exact) mass is 658 g/mol. The predicted molar refractivity (Wildman–Crippen MR) is 172 cm³/mol. The molecule has 0 N–H and O–H groups in total. The van der Waals surface area contributed by atoms with E-state index in [-0.39, 0.29) is 28.3 Å². The van der Waals surface area contributed by atoms with Gasteiger partial charge >= 0.3 is 6.36 Å². The highest BCUT2D eigenvalue weighted by Gasteiger charge is 2.43. The van der Waals surface area contributed by atoms with Crippen molar-refractivity contribution in [2.75, 3.05) is 38.7 Å². The highest BCUT2D eigenvalue weighted by molar-refractivity contribution is 7.91. The Labute approximate surface area is 267 Å². The largest absolute Gasteiger partial charge is 0.573 e. The van der Waals surface area contributed by atoms with Gasteiger partial charge in [-0.3, -0.25) is 19.0 Å². The van der Waals surface area contributed by atoms with Gasteiger partial charge in [0.2, 0.25) is 0 Å². The molecule has 4 heterocycles. The molecule has 0 unspecified atom stereocenters. The van der Waals surface area contributed by atoms with Crippen LogP contribution in [0.4, 0.5) is 13.2 Å². The molecule has 2 aliphatic rings. The number of fused-ring (bicyclic) bond motifs is 1. The first-order chi connectivity index (χ1) is 21.6. The van der Waals surface area contributed by atoms with Crippen LogP contribution in [-0.2, 0) is 28.8 Å². The summed E-state index contributed by atoms with van der Waals surface area (Å²) in [5, 5.41) is 5.49. The maximum absolute atomic E-state index is 12.9. The number of halogens is 3. The maximum atomic E-state index is 12.9. The molecule has 9 nitrogen and oxygen atoms in total. The zero-order valence-electron chi connectivity index (χ0n) is 26.9. The molecule has 1 saturated carbocycles. The molecule has 3 aromatic heterocycles. The summed E-state index contributed by atoms with van der Waals surface area (Å²) in [7, 11) is 3.07. The van der Waals surface area contributed by atoms with E-state index in [0.29, 0.717) is 24.3 Å². The quantitative estimate of drug-likeness (QED) is 0.228. The van der Waals surface area contributed by atoms with Crippen LogP contribution in [-0.4, -0.2) is 88.1 Å². The summed E-state index contributed by atoms with van der Waals surface area (Å²) in [6, 6.07) is 7.97. The molecule has 0 amide bonds. The van der Waals surface area contributed by atoms with E-state index >= 15 is 0 Å². The Balaban J connectivity index is 1.47. The molecule has 1 saturated heterocycles. The second-order valence-electron chi connectivity index (χ2n) is 13.5. The average molecular weight is 659 g/mol. The first-order valence-corrected chi connectivity index (χ1v) is 17.4. The number of alkyl halides is 3. The molecule has 1 aromatic carbocycles. The SMILES string of the molecule is CN(C)C1(c2cc(-c3ccc(OC(F)(F)F)cc3)nc3c2c(CCC(C)(C)N2CCS(=O)(=O)CC2)cn3-c2cnn(C)c2)CCC1. The molecule has 1 aliphatic carbocycles. The molecule has 13 heteroatoms. The number of hydrogen-bond acceptors (Lipinski definition) is 7.